The van der Waals surface area contributed by atoms with Gasteiger partial charge in [0.2, 0.25) is 0 Å². The zero-order chi connectivity index (χ0) is 12.1. The van der Waals surface area contributed by atoms with Crippen molar-refractivity contribution in [3.63, 3.8) is 0 Å². The van der Waals surface area contributed by atoms with Crippen LogP contribution in [0.4, 0.5) is 0 Å². The first-order chi connectivity index (χ1) is 6.74. The van der Waals surface area contributed by atoms with Gasteiger partial charge in [0.25, 0.3) is 0 Å². The highest BCUT2D eigenvalue weighted by Crippen LogP contribution is 2.37. The Labute approximate surface area is 95.2 Å². The van der Waals surface area contributed by atoms with Gasteiger partial charge in [-0.05, 0) is 25.1 Å². The van der Waals surface area contributed by atoms with Crippen molar-refractivity contribution >= 4 is 8.32 Å². The van der Waals surface area contributed by atoms with Crippen molar-refractivity contribution in [2.24, 2.45) is 0 Å². The summed E-state index contributed by atoms with van der Waals surface area (Å²) in [6, 6.07) is 0. The fourth-order valence-corrected chi connectivity index (χ4v) is 2.30. The minimum Gasteiger partial charge on any atom is -0.411 e. The maximum atomic E-state index is 9.21. The maximum absolute atomic E-state index is 9.21. The number of hydrogen-bond acceptors (Lipinski definition) is 2. The monoisotopic (exact) mass is 228 g/mol. The topological polar surface area (TPSA) is 29.5 Å². The van der Waals surface area contributed by atoms with Gasteiger partial charge in [0, 0.05) is 6.42 Å². The van der Waals surface area contributed by atoms with Crippen molar-refractivity contribution in [2.75, 3.05) is 6.61 Å². The molecular weight excluding hydrogens is 204 g/mol. The molecule has 0 aromatic carbocycles. The van der Waals surface area contributed by atoms with Gasteiger partial charge < -0.3 is 9.53 Å². The Balaban J connectivity index is 4.44. The molecule has 0 bridgehead atoms. The second-order valence-electron chi connectivity index (χ2n) is 5.31. The molecule has 2 nitrogen and oxygen atoms in total. The Bertz CT molecular complexity index is 243. The first-order valence-electron chi connectivity index (χ1n) is 5.43. The Morgan fingerprint density at radius 3 is 2.20 bits per heavy atom. The van der Waals surface area contributed by atoms with Crippen molar-refractivity contribution in [1.29, 1.82) is 0 Å². The molecule has 0 aliphatic heterocycles. The van der Waals surface area contributed by atoms with Crippen LogP contribution in [0.2, 0.25) is 18.1 Å². The molecule has 3 heteroatoms. The summed E-state index contributed by atoms with van der Waals surface area (Å²) in [5, 5.41) is 9.39. The van der Waals surface area contributed by atoms with Crippen LogP contribution in [0.3, 0.4) is 0 Å². The average molecular weight is 228 g/mol. The van der Waals surface area contributed by atoms with Crippen LogP contribution in [0, 0.1) is 11.8 Å². The van der Waals surface area contributed by atoms with E-state index in [1.165, 1.54) is 0 Å². The molecule has 88 valence electrons. The lowest BCUT2D eigenvalue weighted by atomic mass is 10.2. The summed E-state index contributed by atoms with van der Waals surface area (Å²) in [5.41, 5.74) is 0. The summed E-state index contributed by atoms with van der Waals surface area (Å²) in [4.78, 5) is 0. The Morgan fingerprint density at radius 1 is 1.33 bits per heavy atom. The fourth-order valence-electron chi connectivity index (χ4n) is 0.953. The number of aliphatic hydroxyl groups excluding tert-OH is 1. The van der Waals surface area contributed by atoms with Crippen LogP contribution in [0.5, 0.6) is 0 Å². The lowest BCUT2D eigenvalue weighted by Crippen LogP contribution is -2.44. The summed E-state index contributed by atoms with van der Waals surface area (Å²) in [7, 11) is -1.77. The number of rotatable bonds is 4. The molecule has 0 aromatic heterocycles. The summed E-state index contributed by atoms with van der Waals surface area (Å²) in [6.45, 7) is 12.8. The summed E-state index contributed by atoms with van der Waals surface area (Å²) < 4.78 is 6.04. The van der Waals surface area contributed by atoms with E-state index in [2.05, 4.69) is 45.7 Å². The van der Waals surface area contributed by atoms with E-state index in [1.807, 2.05) is 0 Å². The number of hydrogen-bond donors (Lipinski definition) is 1. The maximum Gasteiger partial charge on any atom is 0.192 e. The van der Waals surface area contributed by atoms with Crippen molar-refractivity contribution in [3.8, 4) is 11.8 Å². The third kappa shape index (κ3) is 4.83. The van der Waals surface area contributed by atoms with Crippen LogP contribution < -0.4 is 0 Å². The molecule has 15 heavy (non-hydrogen) atoms. The van der Waals surface area contributed by atoms with Crippen LogP contribution in [-0.4, -0.2) is 26.1 Å². The molecule has 0 spiro atoms. The Morgan fingerprint density at radius 2 is 1.87 bits per heavy atom. The van der Waals surface area contributed by atoms with Crippen LogP contribution in [0.1, 0.15) is 34.1 Å². The first kappa shape index (κ1) is 14.7. The lowest BCUT2D eigenvalue weighted by molar-refractivity contribution is 0.107. The lowest BCUT2D eigenvalue weighted by Gasteiger charge is -2.38. The van der Waals surface area contributed by atoms with E-state index in [0.717, 1.165) is 0 Å². The van der Waals surface area contributed by atoms with Gasteiger partial charge >= 0.3 is 0 Å². The standard InChI is InChI=1S/C12H24O2Si/c1-7-8-9-11(10-13)14-15(5,6)12(2,3)4/h11,13H,9-10H2,1-6H3/t11-/m0/s1. The summed E-state index contributed by atoms with van der Waals surface area (Å²) in [6.07, 6.45) is 0.498. The second kappa shape index (κ2) is 5.69. The largest absolute Gasteiger partial charge is 0.411 e. The third-order valence-corrected chi connectivity index (χ3v) is 7.51. The normalized spacial score (nSPS) is 14.3. The van der Waals surface area contributed by atoms with Crippen molar-refractivity contribution in [1.82, 2.24) is 0 Å². The molecule has 1 atom stereocenters. The van der Waals surface area contributed by atoms with Crippen LogP contribution in [-0.2, 0) is 4.43 Å². The van der Waals surface area contributed by atoms with Crippen LogP contribution in [0.25, 0.3) is 0 Å². The van der Waals surface area contributed by atoms with Crippen LogP contribution in [0.15, 0.2) is 0 Å². The van der Waals surface area contributed by atoms with Gasteiger partial charge in [-0.15, -0.1) is 11.8 Å². The van der Waals surface area contributed by atoms with Gasteiger partial charge in [0.15, 0.2) is 8.32 Å². The highest BCUT2D eigenvalue weighted by atomic mass is 28.4. The molecule has 0 fully saturated rings. The van der Waals surface area contributed by atoms with E-state index >= 15 is 0 Å². The predicted octanol–water partition coefficient (Wildman–Crippen LogP) is 2.78. The molecule has 0 aromatic rings. The molecule has 0 saturated carbocycles. The predicted molar refractivity (Wildman–Crippen MR) is 67.2 cm³/mol. The SMILES string of the molecule is CC#CC[C@@H](CO)O[Si](C)(C)C(C)(C)C. The highest BCUT2D eigenvalue weighted by Gasteiger charge is 2.38. The molecular formula is C12H24O2Si. The Kier molecular flexibility index (Phi) is 5.58. The third-order valence-electron chi connectivity index (χ3n) is 2.98. The smallest absolute Gasteiger partial charge is 0.192 e. The quantitative estimate of drug-likeness (QED) is 0.592. The van der Waals surface area contributed by atoms with Gasteiger partial charge in [-0.2, -0.15) is 0 Å². The molecule has 0 amide bonds. The van der Waals surface area contributed by atoms with E-state index in [1.54, 1.807) is 6.92 Å². The molecule has 1 N–H and O–H groups in total. The van der Waals surface area contributed by atoms with E-state index in [9.17, 15) is 5.11 Å². The minimum absolute atomic E-state index is 0.0567. The summed E-state index contributed by atoms with van der Waals surface area (Å²) >= 11 is 0. The molecule has 0 unspecified atom stereocenters. The molecule has 0 saturated heterocycles. The molecule has 0 aliphatic rings. The molecule has 0 rings (SSSR count). The molecule has 0 heterocycles. The van der Waals surface area contributed by atoms with Gasteiger partial charge in [0.05, 0.1) is 12.7 Å². The van der Waals surface area contributed by atoms with Crippen molar-refractivity contribution in [2.45, 2.75) is 58.4 Å². The molecule has 0 aliphatic carbocycles. The van der Waals surface area contributed by atoms with Crippen molar-refractivity contribution in [3.05, 3.63) is 0 Å². The van der Waals surface area contributed by atoms with Crippen LogP contribution >= 0.6 is 0 Å². The van der Waals surface area contributed by atoms with Gasteiger partial charge in [-0.25, -0.2) is 0 Å². The van der Waals surface area contributed by atoms with Crippen molar-refractivity contribution < 1.29 is 9.53 Å². The number of aliphatic hydroxyl groups is 1. The van der Waals surface area contributed by atoms with Gasteiger partial charge in [0.1, 0.15) is 0 Å². The highest BCUT2D eigenvalue weighted by molar-refractivity contribution is 6.74. The Hall–Kier alpha value is -0.303. The van der Waals surface area contributed by atoms with E-state index in [4.69, 9.17) is 4.43 Å². The fraction of sp³-hybridized carbons (Fsp3) is 0.833. The van der Waals surface area contributed by atoms with Gasteiger partial charge in [-0.3, -0.25) is 0 Å². The van der Waals surface area contributed by atoms with Gasteiger partial charge in [-0.1, -0.05) is 20.8 Å². The zero-order valence-corrected chi connectivity index (χ0v) is 11.8. The van der Waals surface area contributed by atoms with E-state index in [-0.39, 0.29) is 17.7 Å². The van der Waals surface area contributed by atoms with E-state index in [0.29, 0.717) is 6.42 Å². The molecule has 0 radical (unpaired) electrons. The van der Waals surface area contributed by atoms with E-state index < -0.39 is 8.32 Å². The zero-order valence-electron chi connectivity index (χ0n) is 10.8. The average Bonchev–Trinajstić information content (AvgIpc) is 2.10. The minimum atomic E-state index is -1.77. The summed E-state index contributed by atoms with van der Waals surface area (Å²) in [5.74, 6) is 5.79. The first-order valence-corrected chi connectivity index (χ1v) is 8.33. The second-order valence-corrected chi connectivity index (χ2v) is 10.1.